The molecule has 0 saturated carbocycles. The van der Waals surface area contributed by atoms with Crippen LogP contribution in [0.25, 0.3) is 0 Å². The van der Waals surface area contributed by atoms with Crippen LogP contribution in [-0.2, 0) is 32.5 Å². The smallest absolute Gasteiger partial charge is 0.241 e. The van der Waals surface area contributed by atoms with E-state index in [1.165, 1.54) is 6.07 Å². The van der Waals surface area contributed by atoms with Crippen molar-refractivity contribution < 1.29 is 18.0 Å². The van der Waals surface area contributed by atoms with Gasteiger partial charge in [0.25, 0.3) is 0 Å². The summed E-state index contributed by atoms with van der Waals surface area (Å²) in [5, 5.41) is 5.61. The SMILES string of the molecule is CC[C@H](C)NC(=O)[C@@H](Cc1ccccc1)NS(=O)(=O)c1ccc2c(c1)CCC(=O)N2. The van der Waals surface area contributed by atoms with Crippen molar-refractivity contribution in [2.75, 3.05) is 5.32 Å². The predicted molar refractivity (Wildman–Crippen MR) is 116 cm³/mol. The summed E-state index contributed by atoms with van der Waals surface area (Å²) < 4.78 is 28.7. The van der Waals surface area contributed by atoms with Gasteiger partial charge in [-0.2, -0.15) is 4.72 Å². The maximum Gasteiger partial charge on any atom is 0.241 e. The van der Waals surface area contributed by atoms with Crippen LogP contribution in [-0.4, -0.2) is 32.3 Å². The van der Waals surface area contributed by atoms with Gasteiger partial charge >= 0.3 is 0 Å². The molecule has 0 radical (unpaired) electrons. The lowest BCUT2D eigenvalue weighted by Gasteiger charge is -2.22. The number of hydrogen-bond acceptors (Lipinski definition) is 4. The lowest BCUT2D eigenvalue weighted by molar-refractivity contribution is -0.123. The molecule has 8 heteroatoms. The Morgan fingerprint density at radius 2 is 1.87 bits per heavy atom. The second-order valence-electron chi connectivity index (χ2n) is 7.55. The summed E-state index contributed by atoms with van der Waals surface area (Å²) in [6.45, 7) is 3.83. The van der Waals surface area contributed by atoms with Crippen molar-refractivity contribution in [1.29, 1.82) is 0 Å². The normalized spacial score (nSPS) is 15.6. The van der Waals surface area contributed by atoms with Crippen LogP contribution < -0.4 is 15.4 Å². The summed E-state index contributed by atoms with van der Waals surface area (Å²) in [7, 11) is -3.94. The third-order valence-corrected chi connectivity index (χ3v) is 6.65. The summed E-state index contributed by atoms with van der Waals surface area (Å²) >= 11 is 0. The molecule has 0 bridgehead atoms. The Morgan fingerprint density at radius 3 is 2.57 bits per heavy atom. The first-order valence-corrected chi connectivity index (χ1v) is 11.6. The van der Waals surface area contributed by atoms with Gasteiger partial charge in [-0.05, 0) is 55.5 Å². The molecule has 1 aliphatic heterocycles. The number of nitrogens with one attached hydrogen (secondary N) is 3. The van der Waals surface area contributed by atoms with Crippen LogP contribution in [0.1, 0.15) is 37.8 Å². The zero-order chi connectivity index (χ0) is 21.7. The van der Waals surface area contributed by atoms with Gasteiger partial charge in [-0.25, -0.2) is 8.42 Å². The van der Waals surface area contributed by atoms with E-state index < -0.39 is 16.1 Å². The zero-order valence-electron chi connectivity index (χ0n) is 17.1. The number of rotatable bonds is 8. The number of carbonyl (C=O) groups is 2. The standard InChI is InChI=1S/C22H27N3O4S/c1-3-15(2)23-22(27)20(13-16-7-5-4-6-8-16)25-30(28,29)18-10-11-19-17(14-18)9-12-21(26)24-19/h4-8,10-11,14-15,20,25H,3,9,12-13H2,1-2H3,(H,23,27)(H,24,26)/t15-,20+/m0/s1. The molecule has 1 aliphatic rings. The van der Waals surface area contributed by atoms with E-state index in [1.807, 2.05) is 44.2 Å². The van der Waals surface area contributed by atoms with Crippen LogP contribution in [0.15, 0.2) is 53.4 Å². The molecule has 0 aromatic heterocycles. The molecule has 0 aliphatic carbocycles. The van der Waals surface area contributed by atoms with Crippen molar-refractivity contribution in [3.05, 3.63) is 59.7 Å². The highest BCUT2D eigenvalue weighted by atomic mass is 32.2. The monoisotopic (exact) mass is 429 g/mol. The van der Waals surface area contributed by atoms with Gasteiger partial charge in [-0.1, -0.05) is 37.3 Å². The first-order chi connectivity index (χ1) is 14.3. The molecule has 1 heterocycles. The van der Waals surface area contributed by atoms with E-state index in [2.05, 4.69) is 15.4 Å². The number of hydrogen-bond donors (Lipinski definition) is 3. The number of anilines is 1. The van der Waals surface area contributed by atoms with Gasteiger partial charge in [0.15, 0.2) is 0 Å². The number of amides is 2. The van der Waals surface area contributed by atoms with Crippen molar-refractivity contribution in [2.24, 2.45) is 0 Å². The quantitative estimate of drug-likeness (QED) is 0.599. The fourth-order valence-corrected chi connectivity index (χ4v) is 4.51. The Labute approximate surface area is 177 Å². The number of carbonyl (C=O) groups excluding carboxylic acids is 2. The van der Waals surface area contributed by atoms with E-state index in [0.29, 0.717) is 18.5 Å². The average molecular weight is 430 g/mol. The first-order valence-electron chi connectivity index (χ1n) is 10.1. The van der Waals surface area contributed by atoms with E-state index in [4.69, 9.17) is 0 Å². The summed E-state index contributed by atoms with van der Waals surface area (Å²) in [6, 6.07) is 12.9. The molecule has 0 saturated heterocycles. The van der Waals surface area contributed by atoms with Gasteiger partial charge in [-0.15, -0.1) is 0 Å². The molecule has 2 atom stereocenters. The second-order valence-corrected chi connectivity index (χ2v) is 9.26. The van der Waals surface area contributed by atoms with Crippen LogP contribution in [0.3, 0.4) is 0 Å². The van der Waals surface area contributed by atoms with E-state index in [9.17, 15) is 18.0 Å². The van der Waals surface area contributed by atoms with Crippen LogP contribution in [0, 0.1) is 0 Å². The Kier molecular flexibility index (Phi) is 6.89. The highest BCUT2D eigenvalue weighted by Gasteiger charge is 2.28. The summed E-state index contributed by atoms with van der Waals surface area (Å²) in [5.41, 5.74) is 2.25. The van der Waals surface area contributed by atoms with Crippen LogP contribution in [0.5, 0.6) is 0 Å². The molecule has 2 amide bonds. The minimum atomic E-state index is -3.94. The van der Waals surface area contributed by atoms with Crippen molar-refractivity contribution >= 4 is 27.5 Å². The molecule has 3 N–H and O–H groups in total. The molecule has 2 aromatic carbocycles. The largest absolute Gasteiger partial charge is 0.352 e. The topological polar surface area (TPSA) is 104 Å². The minimum absolute atomic E-state index is 0.0624. The van der Waals surface area contributed by atoms with Crippen molar-refractivity contribution in [3.63, 3.8) is 0 Å². The summed E-state index contributed by atoms with van der Waals surface area (Å²) in [5.74, 6) is -0.442. The highest BCUT2D eigenvalue weighted by molar-refractivity contribution is 7.89. The lowest BCUT2D eigenvalue weighted by Crippen LogP contribution is -2.50. The van der Waals surface area contributed by atoms with E-state index in [1.54, 1.807) is 12.1 Å². The molecule has 7 nitrogen and oxygen atoms in total. The molecule has 160 valence electrons. The third kappa shape index (κ3) is 5.46. The number of aryl methyl sites for hydroxylation is 1. The van der Waals surface area contributed by atoms with Crippen LogP contribution in [0.4, 0.5) is 5.69 Å². The third-order valence-electron chi connectivity index (χ3n) is 5.18. The molecule has 0 unspecified atom stereocenters. The summed E-state index contributed by atoms with van der Waals surface area (Å²) in [6.07, 6.45) is 1.78. The molecule has 30 heavy (non-hydrogen) atoms. The number of sulfonamides is 1. The molecular weight excluding hydrogens is 402 g/mol. The Balaban J connectivity index is 1.84. The van der Waals surface area contributed by atoms with Gasteiger partial charge in [0, 0.05) is 18.2 Å². The summed E-state index contributed by atoms with van der Waals surface area (Å²) in [4.78, 5) is 24.4. The second kappa shape index (κ2) is 9.40. The van der Waals surface area contributed by atoms with Crippen LogP contribution >= 0.6 is 0 Å². The Bertz CT molecular complexity index is 1020. The molecular formula is C22H27N3O4S. The highest BCUT2D eigenvalue weighted by Crippen LogP contribution is 2.25. The molecule has 3 rings (SSSR count). The van der Waals surface area contributed by atoms with E-state index >= 15 is 0 Å². The molecule has 2 aromatic rings. The number of fused-ring (bicyclic) bond motifs is 1. The fourth-order valence-electron chi connectivity index (χ4n) is 3.27. The maximum atomic E-state index is 13.1. The van der Waals surface area contributed by atoms with Gasteiger partial charge in [0.1, 0.15) is 6.04 Å². The van der Waals surface area contributed by atoms with Gasteiger partial charge in [0.05, 0.1) is 4.90 Å². The average Bonchev–Trinajstić information content (AvgIpc) is 2.73. The first kappa shape index (κ1) is 22.0. The fraction of sp³-hybridized carbons (Fsp3) is 0.364. The van der Waals surface area contributed by atoms with Gasteiger partial charge in [-0.3, -0.25) is 9.59 Å². The molecule has 0 fully saturated rings. The van der Waals surface area contributed by atoms with Gasteiger partial charge in [0.2, 0.25) is 21.8 Å². The van der Waals surface area contributed by atoms with Crippen molar-refractivity contribution in [1.82, 2.24) is 10.0 Å². The Hall–Kier alpha value is -2.71. The predicted octanol–water partition coefficient (Wildman–Crippen LogP) is 2.38. The van der Waals surface area contributed by atoms with Crippen molar-refractivity contribution in [2.45, 2.75) is 56.5 Å². The zero-order valence-corrected chi connectivity index (χ0v) is 18.0. The van der Waals surface area contributed by atoms with Gasteiger partial charge < -0.3 is 10.6 Å². The number of benzene rings is 2. The molecule has 0 spiro atoms. The van der Waals surface area contributed by atoms with Crippen molar-refractivity contribution in [3.8, 4) is 0 Å². The van der Waals surface area contributed by atoms with E-state index in [-0.39, 0.29) is 29.2 Å². The maximum absolute atomic E-state index is 13.1. The van der Waals surface area contributed by atoms with Crippen LogP contribution in [0.2, 0.25) is 0 Å². The van der Waals surface area contributed by atoms with E-state index in [0.717, 1.165) is 17.5 Å². The Morgan fingerprint density at radius 1 is 1.13 bits per heavy atom. The lowest BCUT2D eigenvalue weighted by atomic mass is 10.0. The minimum Gasteiger partial charge on any atom is -0.352 e.